The van der Waals surface area contributed by atoms with E-state index in [0.717, 1.165) is 0 Å². The van der Waals surface area contributed by atoms with Gasteiger partial charge in [0.15, 0.2) is 0 Å². The van der Waals surface area contributed by atoms with Crippen LogP contribution in [0.2, 0.25) is 10.0 Å². The Labute approximate surface area is 110 Å². The van der Waals surface area contributed by atoms with E-state index in [2.05, 4.69) is 11.9 Å². The van der Waals surface area contributed by atoms with Crippen molar-refractivity contribution in [3.05, 3.63) is 46.5 Å². The van der Waals surface area contributed by atoms with Crippen molar-refractivity contribution in [3.8, 4) is 0 Å². The van der Waals surface area contributed by atoms with E-state index in [0.29, 0.717) is 22.2 Å². The highest BCUT2D eigenvalue weighted by Gasteiger charge is 2.36. The van der Waals surface area contributed by atoms with Crippen LogP contribution in [-0.2, 0) is 10.3 Å². The average Bonchev–Trinajstić information content (AvgIpc) is 2.25. The van der Waals surface area contributed by atoms with Crippen LogP contribution < -0.4 is 5.32 Å². The molecule has 0 aliphatic carbocycles. The van der Waals surface area contributed by atoms with Crippen molar-refractivity contribution in [3.63, 3.8) is 0 Å². The van der Waals surface area contributed by atoms with Crippen molar-refractivity contribution in [2.24, 2.45) is 0 Å². The minimum atomic E-state index is -1.27. The number of halogens is 2. The number of hydrogen-bond acceptors (Lipinski definition) is 2. The fraction of sp³-hybridized carbons (Fsp3) is 0.250. The van der Waals surface area contributed by atoms with Gasteiger partial charge in [-0.05, 0) is 19.1 Å². The number of nitrogens with one attached hydrogen (secondary N) is 1. The molecule has 17 heavy (non-hydrogen) atoms. The summed E-state index contributed by atoms with van der Waals surface area (Å²) in [5, 5.41) is 13.0. The largest absolute Gasteiger partial charge is 0.480 e. The second-order valence-electron chi connectivity index (χ2n) is 3.72. The smallest absolute Gasteiger partial charge is 0.328 e. The molecule has 0 spiro atoms. The molecule has 1 rings (SSSR count). The van der Waals surface area contributed by atoms with Gasteiger partial charge in [0.25, 0.3) is 0 Å². The maximum Gasteiger partial charge on any atom is 0.328 e. The molecule has 0 saturated carbocycles. The van der Waals surface area contributed by atoms with Gasteiger partial charge in [-0.1, -0.05) is 35.3 Å². The van der Waals surface area contributed by atoms with Gasteiger partial charge in [0.05, 0.1) is 0 Å². The first-order valence-corrected chi connectivity index (χ1v) is 5.72. The predicted octanol–water partition coefficient (Wildman–Crippen LogP) is 3.07. The summed E-state index contributed by atoms with van der Waals surface area (Å²) in [5.41, 5.74) is -0.798. The van der Waals surface area contributed by atoms with Gasteiger partial charge in [0, 0.05) is 22.2 Å². The lowest BCUT2D eigenvalue weighted by Gasteiger charge is -2.27. The number of carbonyl (C=O) groups is 1. The Morgan fingerprint density at radius 2 is 2.24 bits per heavy atom. The van der Waals surface area contributed by atoms with Crippen LogP contribution >= 0.6 is 23.2 Å². The van der Waals surface area contributed by atoms with Crippen LogP contribution in [0.1, 0.15) is 12.5 Å². The molecule has 0 bridgehead atoms. The summed E-state index contributed by atoms with van der Waals surface area (Å²) in [6.45, 7) is 5.46. The molecular weight excluding hydrogens is 261 g/mol. The fourth-order valence-electron chi connectivity index (χ4n) is 1.46. The quantitative estimate of drug-likeness (QED) is 0.811. The lowest BCUT2D eigenvalue weighted by atomic mass is 9.92. The number of benzene rings is 1. The van der Waals surface area contributed by atoms with Crippen molar-refractivity contribution in [1.82, 2.24) is 5.32 Å². The zero-order chi connectivity index (χ0) is 13.1. The second-order valence-corrected chi connectivity index (χ2v) is 4.57. The summed E-state index contributed by atoms with van der Waals surface area (Å²) in [5.74, 6) is -1.01. The maximum atomic E-state index is 11.4. The molecule has 1 aromatic carbocycles. The first-order chi connectivity index (χ1) is 7.91. The Bertz CT molecular complexity index is 448. The molecule has 0 amide bonds. The Balaban J connectivity index is 3.22. The van der Waals surface area contributed by atoms with E-state index < -0.39 is 11.5 Å². The lowest BCUT2D eigenvalue weighted by molar-refractivity contribution is -0.144. The molecule has 1 unspecified atom stereocenters. The molecule has 3 nitrogen and oxygen atoms in total. The zero-order valence-corrected chi connectivity index (χ0v) is 10.8. The normalized spacial score (nSPS) is 14.1. The Kier molecular flexibility index (Phi) is 4.57. The first kappa shape index (κ1) is 14.0. The Morgan fingerprint density at radius 1 is 1.59 bits per heavy atom. The third-order valence-electron chi connectivity index (χ3n) is 2.50. The Morgan fingerprint density at radius 3 is 2.71 bits per heavy atom. The predicted molar refractivity (Wildman–Crippen MR) is 69.6 cm³/mol. The van der Waals surface area contributed by atoms with E-state index in [9.17, 15) is 9.90 Å². The SMILES string of the molecule is C=CCNC(C)(C(=O)O)c1ccc(Cl)cc1Cl. The number of aliphatic carboxylic acids is 1. The van der Waals surface area contributed by atoms with E-state index >= 15 is 0 Å². The first-order valence-electron chi connectivity index (χ1n) is 4.96. The van der Waals surface area contributed by atoms with E-state index in [4.69, 9.17) is 23.2 Å². The average molecular weight is 274 g/mol. The van der Waals surface area contributed by atoms with Crippen LogP contribution in [0.5, 0.6) is 0 Å². The molecule has 92 valence electrons. The minimum absolute atomic E-state index is 0.318. The molecule has 1 aromatic rings. The molecule has 1 atom stereocenters. The highest BCUT2D eigenvalue weighted by molar-refractivity contribution is 6.35. The molecule has 0 radical (unpaired) electrons. The van der Waals surface area contributed by atoms with Crippen LogP contribution in [0.4, 0.5) is 0 Å². The summed E-state index contributed by atoms with van der Waals surface area (Å²) in [6.07, 6.45) is 1.59. The van der Waals surface area contributed by atoms with E-state index in [1.165, 1.54) is 6.07 Å². The highest BCUT2D eigenvalue weighted by atomic mass is 35.5. The topological polar surface area (TPSA) is 49.3 Å². The third-order valence-corrected chi connectivity index (χ3v) is 3.05. The van der Waals surface area contributed by atoms with Crippen LogP contribution in [0.25, 0.3) is 0 Å². The van der Waals surface area contributed by atoms with Crippen LogP contribution in [-0.4, -0.2) is 17.6 Å². The van der Waals surface area contributed by atoms with Crippen molar-refractivity contribution < 1.29 is 9.90 Å². The van der Waals surface area contributed by atoms with Gasteiger partial charge in [0.2, 0.25) is 0 Å². The molecule has 5 heteroatoms. The van der Waals surface area contributed by atoms with Gasteiger partial charge in [-0.2, -0.15) is 0 Å². The number of hydrogen-bond donors (Lipinski definition) is 2. The van der Waals surface area contributed by atoms with Crippen molar-refractivity contribution in [2.45, 2.75) is 12.5 Å². The van der Waals surface area contributed by atoms with Crippen LogP contribution in [0, 0.1) is 0 Å². The second kappa shape index (κ2) is 5.54. The molecule has 0 aliphatic heterocycles. The van der Waals surface area contributed by atoms with Gasteiger partial charge in [-0.25, -0.2) is 4.79 Å². The van der Waals surface area contributed by atoms with Crippen LogP contribution in [0.15, 0.2) is 30.9 Å². The maximum absolute atomic E-state index is 11.4. The highest BCUT2D eigenvalue weighted by Crippen LogP contribution is 2.30. The summed E-state index contributed by atoms with van der Waals surface area (Å²) in [7, 11) is 0. The summed E-state index contributed by atoms with van der Waals surface area (Å²) in [4.78, 5) is 11.4. The van der Waals surface area contributed by atoms with Gasteiger partial charge in [0.1, 0.15) is 5.54 Å². The fourth-order valence-corrected chi connectivity index (χ4v) is 2.05. The van der Waals surface area contributed by atoms with Crippen LogP contribution in [0.3, 0.4) is 0 Å². The van der Waals surface area contributed by atoms with Gasteiger partial charge in [-0.15, -0.1) is 6.58 Å². The molecule has 2 N–H and O–H groups in total. The van der Waals surface area contributed by atoms with Gasteiger partial charge in [-0.3, -0.25) is 5.32 Å². The summed E-state index contributed by atoms with van der Waals surface area (Å²) < 4.78 is 0. The van der Waals surface area contributed by atoms with Gasteiger partial charge >= 0.3 is 5.97 Å². The van der Waals surface area contributed by atoms with Crippen molar-refractivity contribution in [2.75, 3.05) is 6.54 Å². The molecule has 0 fully saturated rings. The monoisotopic (exact) mass is 273 g/mol. The van der Waals surface area contributed by atoms with Gasteiger partial charge < -0.3 is 5.11 Å². The molecular formula is C12H13Cl2NO2. The third kappa shape index (κ3) is 3.00. The standard InChI is InChI=1S/C12H13Cl2NO2/c1-3-6-15-12(2,11(16)17)9-5-4-8(13)7-10(9)14/h3-5,7,15H,1,6H2,2H3,(H,16,17). The van der Waals surface area contributed by atoms with E-state index in [1.54, 1.807) is 25.1 Å². The van der Waals surface area contributed by atoms with Crippen molar-refractivity contribution in [1.29, 1.82) is 0 Å². The number of carboxylic acid groups (broad SMARTS) is 1. The minimum Gasteiger partial charge on any atom is -0.480 e. The molecule has 0 saturated heterocycles. The zero-order valence-electron chi connectivity index (χ0n) is 9.34. The van der Waals surface area contributed by atoms with Crippen molar-refractivity contribution >= 4 is 29.2 Å². The molecule has 0 heterocycles. The summed E-state index contributed by atoms with van der Waals surface area (Å²) in [6, 6.07) is 4.74. The summed E-state index contributed by atoms with van der Waals surface area (Å²) >= 11 is 11.8. The van der Waals surface area contributed by atoms with E-state index in [1.807, 2.05) is 0 Å². The number of rotatable bonds is 5. The van der Waals surface area contributed by atoms with E-state index in [-0.39, 0.29) is 0 Å². The molecule has 0 aliphatic rings. The Hall–Kier alpha value is -1.03. The lowest BCUT2D eigenvalue weighted by Crippen LogP contribution is -2.46. The molecule has 0 aromatic heterocycles. The number of carboxylic acids is 1.